The second kappa shape index (κ2) is 6.31. The van der Waals surface area contributed by atoms with Crippen molar-refractivity contribution in [3.05, 3.63) is 35.4 Å². The van der Waals surface area contributed by atoms with Crippen molar-refractivity contribution in [1.82, 2.24) is 15.0 Å². The molecule has 20 heavy (non-hydrogen) atoms. The molecule has 102 valence electrons. The molecule has 2 rings (SSSR count). The Morgan fingerprint density at radius 1 is 1.30 bits per heavy atom. The highest BCUT2D eigenvalue weighted by Gasteiger charge is 2.05. The zero-order chi connectivity index (χ0) is 14.4. The number of ether oxygens (including phenoxy) is 1. The van der Waals surface area contributed by atoms with Crippen molar-refractivity contribution in [3.8, 4) is 12.1 Å². The van der Waals surface area contributed by atoms with Gasteiger partial charge in [0.15, 0.2) is 0 Å². The summed E-state index contributed by atoms with van der Waals surface area (Å²) in [6.07, 6.45) is 0. The molecule has 8 nitrogen and oxygen atoms in total. The number of nitrogen functional groups attached to an aromatic ring is 1. The molecule has 0 aliphatic heterocycles. The summed E-state index contributed by atoms with van der Waals surface area (Å²) in [6.45, 7) is 0.465. The maximum Gasteiger partial charge on any atom is 0.322 e. The maximum absolute atomic E-state index is 8.84. The number of nitrogens with zero attached hydrogens (tertiary/aromatic N) is 4. The van der Waals surface area contributed by atoms with Gasteiger partial charge in [0.1, 0.15) is 0 Å². The average molecular weight is 271 g/mol. The lowest BCUT2D eigenvalue weighted by molar-refractivity contribution is 0.379. The van der Waals surface area contributed by atoms with Crippen LogP contribution < -0.4 is 21.3 Å². The molecule has 0 radical (unpaired) electrons. The number of aromatic nitrogens is 3. The van der Waals surface area contributed by atoms with Crippen LogP contribution in [0.3, 0.4) is 0 Å². The highest BCUT2D eigenvalue weighted by atomic mass is 16.5. The van der Waals surface area contributed by atoms with E-state index in [0.717, 1.165) is 5.56 Å². The molecule has 8 heteroatoms. The predicted octanol–water partition coefficient (Wildman–Crippen LogP) is 0.650. The lowest BCUT2D eigenvalue weighted by atomic mass is 10.1. The van der Waals surface area contributed by atoms with Crippen LogP contribution in [0.5, 0.6) is 6.01 Å². The number of nitrogens with two attached hydrogens (primary N) is 1. The van der Waals surface area contributed by atoms with E-state index in [1.54, 1.807) is 12.1 Å². The van der Waals surface area contributed by atoms with Crippen LogP contribution in [0.2, 0.25) is 0 Å². The van der Waals surface area contributed by atoms with Gasteiger partial charge < -0.3 is 10.1 Å². The van der Waals surface area contributed by atoms with Crippen LogP contribution in [-0.2, 0) is 6.54 Å². The first-order valence-electron chi connectivity index (χ1n) is 5.74. The van der Waals surface area contributed by atoms with Crippen LogP contribution >= 0.6 is 0 Å². The van der Waals surface area contributed by atoms with Crippen LogP contribution in [-0.4, -0.2) is 22.1 Å². The topological polar surface area (TPSA) is 122 Å². The number of benzene rings is 1. The fourth-order valence-corrected chi connectivity index (χ4v) is 1.52. The molecule has 0 saturated carbocycles. The average Bonchev–Trinajstić information content (AvgIpc) is 2.52. The van der Waals surface area contributed by atoms with Crippen molar-refractivity contribution in [3.63, 3.8) is 0 Å². The van der Waals surface area contributed by atoms with Gasteiger partial charge in [-0.2, -0.15) is 20.2 Å². The summed E-state index contributed by atoms with van der Waals surface area (Å²) >= 11 is 0. The molecule has 1 aromatic heterocycles. The minimum absolute atomic E-state index is 0.154. The van der Waals surface area contributed by atoms with Crippen LogP contribution in [0.4, 0.5) is 11.9 Å². The Hall–Kier alpha value is -2.92. The Balaban J connectivity index is 2.12. The first kappa shape index (κ1) is 13.5. The zero-order valence-electron chi connectivity index (χ0n) is 10.8. The van der Waals surface area contributed by atoms with E-state index in [1.165, 1.54) is 7.11 Å². The number of methoxy groups -OCH3 is 1. The number of anilines is 2. The van der Waals surface area contributed by atoms with Crippen LogP contribution in [0.1, 0.15) is 11.1 Å². The van der Waals surface area contributed by atoms with Crippen LogP contribution in [0, 0.1) is 11.3 Å². The molecule has 0 spiro atoms. The minimum atomic E-state index is 0.154. The minimum Gasteiger partial charge on any atom is -0.467 e. The Bertz CT molecular complexity index is 616. The third-order valence-electron chi connectivity index (χ3n) is 2.43. The Labute approximate surface area is 115 Å². The molecule has 0 aliphatic carbocycles. The van der Waals surface area contributed by atoms with Gasteiger partial charge >= 0.3 is 6.01 Å². The third-order valence-corrected chi connectivity index (χ3v) is 2.43. The summed E-state index contributed by atoms with van der Waals surface area (Å²) in [5.41, 5.74) is 3.87. The first-order chi connectivity index (χ1) is 9.75. The number of hydrazine groups is 1. The van der Waals surface area contributed by atoms with E-state index in [0.29, 0.717) is 18.1 Å². The van der Waals surface area contributed by atoms with Crippen molar-refractivity contribution in [2.75, 3.05) is 17.9 Å². The molecular formula is C12H13N7O. The lowest BCUT2D eigenvalue weighted by Crippen LogP contribution is -2.14. The normalized spacial score (nSPS) is 9.65. The molecule has 4 N–H and O–H groups in total. The van der Waals surface area contributed by atoms with Gasteiger partial charge in [0.25, 0.3) is 0 Å². The summed E-state index contributed by atoms with van der Waals surface area (Å²) in [5, 5.41) is 11.9. The van der Waals surface area contributed by atoms with Crippen molar-refractivity contribution in [1.29, 1.82) is 5.26 Å². The van der Waals surface area contributed by atoms with Gasteiger partial charge in [-0.3, -0.25) is 5.43 Å². The molecule has 2 aromatic rings. The van der Waals surface area contributed by atoms with Gasteiger partial charge in [-0.15, -0.1) is 0 Å². The monoisotopic (exact) mass is 271 g/mol. The summed E-state index contributed by atoms with van der Waals surface area (Å²) in [7, 11) is 1.45. The van der Waals surface area contributed by atoms with Gasteiger partial charge in [-0.05, 0) is 17.7 Å². The second-order valence-electron chi connectivity index (χ2n) is 3.78. The molecule has 1 heterocycles. The van der Waals surface area contributed by atoms with Crippen molar-refractivity contribution in [2.24, 2.45) is 5.84 Å². The van der Waals surface area contributed by atoms with Crippen LogP contribution in [0.25, 0.3) is 0 Å². The SMILES string of the molecule is COc1nc(NN)nc(NCc2cccc(C#N)c2)n1. The highest BCUT2D eigenvalue weighted by Crippen LogP contribution is 2.11. The van der Waals surface area contributed by atoms with E-state index in [-0.39, 0.29) is 12.0 Å². The third kappa shape index (κ3) is 3.30. The second-order valence-corrected chi connectivity index (χ2v) is 3.78. The van der Waals surface area contributed by atoms with Crippen LogP contribution in [0.15, 0.2) is 24.3 Å². The molecule has 0 atom stereocenters. The Morgan fingerprint density at radius 2 is 2.10 bits per heavy atom. The van der Waals surface area contributed by atoms with Gasteiger partial charge in [-0.1, -0.05) is 12.1 Å². The predicted molar refractivity (Wildman–Crippen MR) is 72.7 cm³/mol. The Kier molecular flexibility index (Phi) is 4.26. The largest absolute Gasteiger partial charge is 0.467 e. The number of rotatable bonds is 5. The van der Waals surface area contributed by atoms with Gasteiger partial charge in [0.2, 0.25) is 11.9 Å². The number of hydrogen-bond donors (Lipinski definition) is 3. The van der Waals surface area contributed by atoms with E-state index in [4.69, 9.17) is 15.8 Å². The quantitative estimate of drug-likeness (QED) is 0.535. The molecule has 0 unspecified atom stereocenters. The molecule has 0 fully saturated rings. The molecule has 0 saturated heterocycles. The van der Waals surface area contributed by atoms with Gasteiger partial charge in [0, 0.05) is 6.54 Å². The summed E-state index contributed by atoms with van der Waals surface area (Å²) in [4.78, 5) is 12.0. The molecule has 0 bridgehead atoms. The Morgan fingerprint density at radius 3 is 2.80 bits per heavy atom. The summed E-state index contributed by atoms with van der Waals surface area (Å²) in [5.74, 6) is 5.79. The fraction of sp³-hybridized carbons (Fsp3) is 0.167. The van der Waals surface area contributed by atoms with E-state index in [9.17, 15) is 0 Å². The smallest absolute Gasteiger partial charge is 0.322 e. The fourth-order valence-electron chi connectivity index (χ4n) is 1.52. The van der Waals surface area contributed by atoms with Gasteiger partial charge in [-0.25, -0.2) is 5.84 Å². The number of nitrogens with one attached hydrogen (secondary N) is 2. The van der Waals surface area contributed by atoms with E-state index in [2.05, 4.69) is 31.8 Å². The van der Waals surface area contributed by atoms with Crippen molar-refractivity contribution in [2.45, 2.75) is 6.54 Å². The number of hydrogen-bond acceptors (Lipinski definition) is 8. The summed E-state index contributed by atoms with van der Waals surface area (Å²) in [6, 6.07) is 9.48. The lowest BCUT2D eigenvalue weighted by Gasteiger charge is -2.07. The van der Waals surface area contributed by atoms with E-state index in [1.807, 2.05) is 12.1 Å². The molecule has 1 aromatic carbocycles. The van der Waals surface area contributed by atoms with Gasteiger partial charge in [0.05, 0.1) is 18.7 Å². The van der Waals surface area contributed by atoms with E-state index >= 15 is 0 Å². The van der Waals surface area contributed by atoms with Crippen molar-refractivity contribution >= 4 is 11.9 Å². The number of nitriles is 1. The van der Waals surface area contributed by atoms with E-state index < -0.39 is 0 Å². The zero-order valence-corrected chi connectivity index (χ0v) is 10.8. The molecular weight excluding hydrogens is 258 g/mol. The van der Waals surface area contributed by atoms with Crippen molar-refractivity contribution < 1.29 is 4.74 Å². The molecule has 0 amide bonds. The highest BCUT2D eigenvalue weighted by molar-refractivity contribution is 5.38. The standard InChI is InChI=1S/C12H13N7O/c1-20-12-17-10(16-11(18-12)19-14)15-7-9-4-2-3-8(5-9)6-13/h2-5H,7,14H2,1H3,(H2,15,16,17,18,19). The maximum atomic E-state index is 8.84. The molecule has 0 aliphatic rings. The summed E-state index contributed by atoms with van der Waals surface area (Å²) < 4.78 is 4.95. The first-order valence-corrected chi connectivity index (χ1v) is 5.74.